The summed E-state index contributed by atoms with van der Waals surface area (Å²) in [4.78, 5) is 22.8. The van der Waals surface area contributed by atoms with E-state index in [-0.39, 0.29) is 5.91 Å². The highest BCUT2D eigenvalue weighted by Crippen LogP contribution is 2.23. The maximum Gasteiger partial charge on any atom is 0.341 e. The SMILES string of the molecule is CCCCCc1ccc(/C=C/C(=O)Nc2ccccc2OCC(=O)O)cc1. The first-order chi connectivity index (χ1) is 13.1. The van der Waals surface area contributed by atoms with E-state index in [1.165, 1.54) is 30.9 Å². The maximum atomic E-state index is 12.1. The molecule has 0 bridgehead atoms. The highest BCUT2D eigenvalue weighted by atomic mass is 16.5. The molecule has 0 fully saturated rings. The third-order valence-electron chi connectivity index (χ3n) is 3.97. The number of rotatable bonds is 10. The van der Waals surface area contributed by atoms with Gasteiger partial charge in [0.1, 0.15) is 5.75 Å². The fraction of sp³-hybridized carbons (Fsp3) is 0.273. The van der Waals surface area contributed by atoms with Gasteiger partial charge in [0.2, 0.25) is 5.91 Å². The van der Waals surface area contributed by atoms with Gasteiger partial charge in [-0.2, -0.15) is 0 Å². The van der Waals surface area contributed by atoms with Crippen LogP contribution in [0.4, 0.5) is 5.69 Å². The van der Waals surface area contributed by atoms with Crippen molar-refractivity contribution in [1.29, 1.82) is 0 Å². The van der Waals surface area contributed by atoms with E-state index >= 15 is 0 Å². The second kappa shape index (κ2) is 10.8. The molecule has 0 saturated carbocycles. The van der Waals surface area contributed by atoms with Gasteiger partial charge >= 0.3 is 5.97 Å². The van der Waals surface area contributed by atoms with Gasteiger partial charge in [0.05, 0.1) is 5.69 Å². The lowest BCUT2D eigenvalue weighted by atomic mass is 10.1. The maximum absolute atomic E-state index is 12.1. The molecule has 0 aliphatic carbocycles. The van der Waals surface area contributed by atoms with E-state index < -0.39 is 12.6 Å². The van der Waals surface area contributed by atoms with Crippen molar-refractivity contribution in [2.24, 2.45) is 0 Å². The van der Waals surface area contributed by atoms with E-state index in [1.54, 1.807) is 30.3 Å². The van der Waals surface area contributed by atoms with Crippen LogP contribution in [0, 0.1) is 0 Å². The van der Waals surface area contributed by atoms with Crippen molar-refractivity contribution >= 4 is 23.6 Å². The third-order valence-corrected chi connectivity index (χ3v) is 3.97. The Hall–Kier alpha value is -3.08. The molecule has 2 aromatic carbocycles. The molecule has 5 nitrogen and oxygen atoms in total. The fourth-order valence-corrected chi connectivity index (χ4v) is 2.56. The van der Waals surface area contributed by atoms with Gasteiger partial charge in [-0.15, -0.1) is 0 Å². The van der Waals surface area contributed by atoms with E-state index in [9.17, 15) is 9.59 Å². The molecule has 1 amide bonds. The van der Waals surface area contributed by atoms with Gasteiger partial charge in [0.15, 0.2) is 6.61 Å². The molecule has 0 spiro atoms. The molecule has 0 atom stereocenters. The summed E-state index contributed by atoms with van der Waals surface area (Å²) in [5.74, 6) is -1.07. The van der Waals surface area contributed by atoms with Crippen molar-refractivity contribution < 1.29 is 19.4 Å². The Kier molecular flexibility index (Phi) is 8.10. The summed E-state index contributed by atoms with van der Waals surface area (Å²) in [6, 6.07) is 14.9. The summed E-state index contributed by atoms with van der Waals surface area (Å²) in [6.45, 7) is 1.73. The number of carboxylic acids is 1. The van der Waals surface area contributed by atoms with Crippen LogP contribution in [0.25, 0.3) is 6.08 Å². The van der Waals surface area contributed by atoms with Crippen LogP contribution in [0.15, 0.2) is 54.6 Å². The number of carbonyl (C=O) groups excluding carboxylic acids is 1. The fourth-order valence-electron chi connectivity index (χ4n) is 2.56. The second-order valence-electron chi connectivity index (χ2n) is 6.20. The number of aliphatic carboxylic acids is 1. The number of carbonyl (C=O) groups is 2. The molecule has 2 N–H and O–H groups in total. The molecule has 27 heavy (non-hydrogen) atoms. The highest BCUT2D eigenvalue weighted by molar-refractivity contribution is 6.02. The van der Waals surface area contributed by atoms with Gasteiger partial charge in [-0.25, -0.2) is 4.79 Å². The molecule has 0 aliphatic heterocycles. The zero-order chi connectivity index (χ0) is 19.5. The van der Waals surface area contributed by atoms with Crippen LogP contribution in [0.1, 0.15) is 37.3 Å². The molecule has 5 heteroatoms. The van der Waals surface area contributed by atoms with E-state index in [2.05, 4.69) is 24.4 Å². The van der Waals surface area contributed by atoms with E-state index in [0.29, 0.717) is 11.4 Å². The van der Waals surface area contributed by atoms with Crippen molar-refractivity contribution in [3.05, 3.63) is 65.7 Å². The summed E-state index contributed by atoms with van der Waals surface area (Å²) in [6.07, 6.45) is 7.90. The number of benzene rings is 2. The van der Waals surface area contributed by atoms with Gasteiger partial charge in [0, 0.05) is 6.08 Å². The summed E-state index contributed by atoms with van der Waals surface area (Å²) >= 11 is 0. The number of ether oxygens (including phenoxy) is 1. The van der Waals surface area contributed by atoms with Crippen LogP contribution >= 0.6 is 0 Å². The number of aryl methyl sites for hydroxylation is 1. The highest BCUT2D eigenvalue weighted by Gasteiger charge is 2.07. The standard InChI is InChI=1S/C22H25NO4/c1-2-3-4-7-17-10-12-18(13-11-17)14-15-21(24)23-19-8-5-6-9-20(19)27-16-22(25)26/h5-6,8-15H,2-4,7,16H2,1H3,(H,23,24)(H,25,26)/b15-14+. The Morgan fingerprint density at radius 2 is 1.81 bits per heavy atom. The lowest BCUT2D eigenvalue weighted by Gasteiger charge is -2.09. The van der Waals surface area contributed by atoms with Gasteiger partial charge < -0.3 is 15.2 Å². The summed E-state index contributed by atoms with van der Waals surface area (Å²) in [5.41, 5.74) is 2.68. The smallest absolute Gasteiger partial charge is 0.341 e. The monoisotopic (exact) mass is 367 g/mol. The normalized spacial score (nSPS) is 10.7. The molecule has 0 heterocycles. The second-order valence-corrected chi connectivity index (χ2v) is 6.20. The number of nitrogens with one attached hydrogen (secondary N) is 1. The van der Waals surface area contributed by atoms with Crippen molar-refractivity contribution in [2.75, 3.05) is 11.9 Å². The summed E-state index contributed by atoms with van der Waals surface area (Å²) in [7, 11) is 0. The van der Waals surface area contributed by atoms with Gasteiger partial charge in [-0.05, 0) is 42.2 Å². The first kappa shape index (κ1) is 20.2. The summed E-state index contributed by atoms with van der Waals surface area (Å²) in [5, 5.41) is 11.4. The largest absolute Gasteiger partial charge is 0.480 e. The zero-order valence-corrected chi connectivity index (χ0v) is 15.5. The molecule has 142 valence electrons. The van der Waals surface area contributed by atoms with Crippen molar-refractivity contribution in [3.63, 3.8) is 0 Å². The van der Waals surface area contributed by atoms with Gasteiger partial charge in [-0.1, -0.05) is 56.2 Å². The minimum Gasteiger partial charge on any atom is -0.480 e. The van der Waals surface area contributed by atoms with Gasteiger partial charge in [0.25, 0.3) is 0 Å². The number of carboxylic acid groups (broad SMARTS) is 1. The van der Waals surface area contributed by atoms with Crippen LogP contribution < -0.4 is 10.1 Å². The van der Waals surface area contributed by atoms with Crippen LogP contribution in [0.3, 0.4) is 0 Å². The summed E-state index contributed by atoms with van der Waals surface area (Å²) < 4.78 is 5.18. The zero-order valence-electron chi connectivity index (χ0n) is 15.5. The number of anilines is 1. The molecule has 2 rings (SSSR count). The molecule has 0 unspecified atom stereocenters. The average Bonchev–Trinajstić information content (AvgIpc) is 2.67. The Morgan fingerprint density at radius 1 is 1.07 bits per heavy atom. The molecule has 2 aromatic rings. The van der Waals surface area contributed by atoms with Crippen LogP contribution in [0.5, 0.6) is 5.75 Å². The molecule has 0 aliphatic rings. The Morgan fingerprint density at radius 3 is 2.52 bits per heavy atom. The predicted octanol–water partition coefficient (Wildman–Crippen LogP) is 4.53. The number of hydrogen-bond acceptors (Lipinski definition) is 3. The molecular weight excluding hydrogens is 342 g/mol. The number of unbranched alkanes of at least 4 members (excludes halogenated alkanes) is 2. The van der Waals surface area contributed by atoms with E-state index in [0.717, 1.165) is 12.0 Å². The van der Waals surface area contributed by atoms with Crippen LogP contribution in [-0.4, -0.2) is 23.6 Å². The van der Waals surface area contributed by atoms with Crippen LogP contribution in [0.2, 0.25) is 0 Å². The predicted molar refractivity (Wildman–Crippen MR) is 107 cm³/mol. The number of hydrogen-bond donors (Lipinski definition) is 2. The van der Waals surface area contributed by atoms with E-state index in [1.807, 2.05) is 12.1 Å². The number of amides is 1. The molecular formula is C22H25NO4. The van der Waals surface area contributed by atoms with Gasteiger partial charge in [-0.3, -0.25) is 4.79 Å². The molecule has 0 radical (unpaired) electrons. The molecule has 0 aromatic heterocycles. The third kappa shape index (κ3) is 7.36. The van der Waals surface area contributed by atoms with Crippen molar-refractivity contribution in [1.82, 2.24) is 0 Å². The Bertz CT molecular complexity index is 781. The topological polar surface area (TPSA) is 75.6 Å². The van der Waals surface area contributed by atoms with E-state index in [4.69, 9.17) is 9.84 Å². The number of para-hydroxylation sites is 2. The Labute approximate surface area is 159 Å². The lowest BCUT2D eigenvalue weighted by molar-refractivity contribution is -0.139. The van der Waals surface area contributed by atoms with Crippen molar-refractivity contribution in [2.45, 2.75) is 32.6 Å². The molecule has 0 saturated heterocycles. The Balaban J connectivity index is 1.92. The van der Waals surface area contributed by atoms with Crippen molar-refractivity contribution in [3.8, 4) is 5.75 Å². The lowest BCUT2D eigenvalue weighted by Crippen LogP contribution is -2.13. The minimum atomic E-state index is -1.07. The first-order valence-corrected chi connectivity index (χ1v) is 9.10. The van der Waals surface area contributed by atoms with Crippen LogP contribution in [-0.2, 0) is 16.0 Å². The quantitative estimate of drug-likeness (QED) is 0.478. The minimum absolute atomic E-state index is 0.312. The average molecular weight is 367 g/mol. The first-order valence-electron chi connectivity index (χ1n) is 9.10.